The van der Waals surface area contributed by atoms with E-state index in [1.54, 1.807) is 47.3 Å². The fourth-order valence-corrected chi connectivity index (χ4v) is 3.37. The number of hydrazone groups is 1. The topological polar surface area (TPSA) is 123 Å². The molecule has 0 amide bonds. The predicted octanol–water partition coefficient (Wildman–Crippen LogP) is 2.71. The molecule has 0 saturated carbocycles. The van der Waals surface area contributed by atoms with Crippen LogP contribution in [0.3, 0.4) is 0 Å². The summed E-state index contributed by atoms with van der Waals surface area (Å²) in [5.74, 6) is 1.33. The summed E-state index contributed by atoms with van der Waals surface area (Å²) in [5.41, 5.74) is 4.58. The first-order valence-electron chi connectivity index (χ1n) is 9.52. The van der Waals surface area contributed by atoms with Crippen molar-refractivity contribution in [2.24, 2.45) is 5.10 Å². The molecule has 10 nitrogen and oxygen atoms in total. The van der Waals surface area contributed by atoms with E-state index in [1.165, 1.54) is 12.4 Å². The third-order valence-corrected chi connectivity index (χ3v) is 4.92. The number of pyridine rings is 1. The first-order valence-corrected chi connectivity index (χ1v) is 9.90. The number of benzene rings is 1. The number of nitrogens with zero attached hydrogens (tertiary/aromatic N) is 6. The van der Waals surface area contributed by atoms with E-state index in [-0.39, 0.29) is 5.56 Å². The Hall–Kier alpha value is -4.31. The minimum absolute atomic E-state index is 0.220. The van der Waals surface area contributed by atoms with Crippen molar-refractivity contribution in [3.63, 3.8) is 0 Å². The summed E-state index contributed by atoms with van der Waals surface area (Å²) >= 11 is 6.45. The molecule has 32 heavy (non-hydrogen) atoms. The van der Waals surface area contributed by atoms with Crippen LogP contribution in [0.4, 0.5) is 0 Å². The normalized spacial score (nSPS) is 15.4. The predicted molar refractivity (Wildman–Crippen MR) is 118 cm³/mol. The van der Waals surface area contributed by atoms with Gasteiger partial charge < -0.3 is 9.72 Å². The largest absolute Gasteiger partial charge is 0.447 e. The second-order valence-corrected chi connectivity index (χ2v) is 7.07. The zero-order valence-electron chi connectivity index (χ0n) is 16.4. The first kappa shape index (κ1) is 19.6. The average Bonchev–Trinajstić information content (AvgIpc) is 3.46. The lowest BCUT2D eigenvalue weighted by atomic mass is 10.2. The maximum absolute atomic E-state index is 11.5. The highest BCUT2D eigenvalue weighted by molar-refractivity contribution is 6.32. The Bertz CT molecular complexity index is 1380. The number of H-pyrrole nitrogens is 1. The number of hydrogen-bond acceptors (Lipinski definition) is 8. The summed E-state index contributed by atoms with van der Waals surface area (Å²) in [6.45, 7) is 0. The summed E-state index contributed by atoms with van der Waals surface area (Å²) in [7, 11) is 0. The number of hydrogen-bond donors (Lipinski definition) is 2. The molecule has 5 rings (SSSR count). The molecular formula is C21H15ClN8O2. The molecule has 4 aromatic rings. The van der Waals surface area contributed by atoms with Crippen molar-refractivity contribution < 1.29 is 4.74 Å². The Labute approximate surface area is 186 Å². The first-order chi connectivity index (χ1) is 15.7. The van der Waals surface area contributed by atoms with Crippen LogP contribution in [0.25, 0.3) is 23.3 Å². The molecule has 4 heterocycles. The van der Waals surface area contributed by atoms with Crippen molar-refractivity contribution >= 4 is 23.6 Å². The standard InChI is InChI=1S/C21H15ClN8O2/c22-14-3-1-2-4-16(14)30-17(26-28-20(30)15-8-9-23-12-25-15)5-6-19-27-29-21(32-19)13-7-10-24-18(31)11-13/h1-12,21,29H,(H,24,31)/b6-5+. The summed E-state index contributed by atoms with van der Waals surface area (Å²) < 4.78 is 7.57. The number of ether oxygens (including phenoxy) is 1. The second-order valence-electron chi connectivity index (χ2n) is 6.66. The van der Waals surface area contributed by atoms with Crippen molar-refractivity contribution in [1.29, 1.82) is 0 Å². The van der Waals surface area contributed by atoms with E-state index in [2.05, 4.69) is 35.7 Å². The third kappa shape index (κ3) is 3.86. The van der Waals surface area contributed by atoms with Gasteiger partial charge in [0.2, 0.25) is 17.7 Å². The molecule has 0 fully saturated rings. The fourth-order valence-electron chi connectivity index (χ4n) is 3.15. The molecule has 1 aliphatic rings. The highest BCUT2D eigenvalue weighted by Crippen LogP contribution is 2.27. The minimum Gasteiger partial charge on any atom is -0.447 e. The van der Waals surface area contributed by atoms with Crippen LogP contribution in [0.15, 0.2) is 77.2 Å². The van der Waals surface area contributed by atoms with Crippen molar-refractivity contribution in [2.75, 3.05) is 0 Å². The van der Waals surface area contributed by atoms with Crippen molar-refractivity contribution in [2.45, 2.75) is 6.23 Å². The number of rotatable bonds is 5. The third-order valence-electron chi connectivity index (χ3n) is 4.60. The van der Waals surface area contributed by atoms with Crippen LogP contribution in [-0.4, -0.2) is 35.6 Å². The molecule has 1 unspecified atom stereocenters. The van der Waals surface area contributed by atoms with E-state index >= 15 is 0 Å². The Balaban J connectivity index is 1.47. The fraction of sp³-hybridized carbons (Fsp3) is 0.0476. The van der Waals surface area contributed by atoms with E-state index in [0.717, 1.165) is 0 Å². The number of aromatic nitrogens is 6. The van der Waals surface area contributed by atoms with Gasteiger partial charge >= 0.3 is 0 Å². The molecule has 0 bridgehead atoms. The zero-order chi connectivity index (χ0) is 21.9. The molecule has 11 heteroatoms. The van der Waals surface area contributed by atoms with E-state index in [4.69, 9.17) is 16.3 Å². The summed E-state index contributed by atoms with van der Waals surface area (Å²) in [6, 6.07) is 12.3. The van der Waals surface area contributed by atoms with Gasteiger partial charge in [-0.25, -0.2) is 9.97 Å². The zero-order valence-corrected chi connectivity index (χ0v) is 17.1. The van der Waals surface area contributed by atoms with Gasteiger partial charge in [-0.3, -0.25) is 14.8 Å². The maximum Gasteiger partial charge on any atom is 0.248 e. The number of halogens is 1. The molecule has 0 spiro atoms. The van der Waals surface area contributed by atoms with Gasteiger partial charge in [0, 0.05) is 30.1 Å². The molecule has 1 aromatic carbocycles. The average molecular weight is 447 g/mol. The lowest BCUT2D eigenvalue weighted by molar-refractivity contribution is 0.192. The minimum atomic E-state index is -0.560. The van der Waals surface area contributed by atoms with Gasteiger partial charge in [0.15, 0.2) is 11.6 Å². The lowest BCUT2D eigenvalue weighted by Crippen LogP contribution is -2.15. The van der Waals surface area contributed by atoms with Crippen LogP contribution in [0.1, 0.15) is 17.6 Å². The van der Waals surface area contributed by atoms with Crippen LogP contribution < -0.4 is 11.0 Å². The van der Waals surface area contributed by atoms with Crippen molar-refractivity contribution in [3.8, 4) is 17.2 Å². The summed E-state index contributed by atoms with van der Waals surface area (Å²) in [6.07, 6.45) is 7.43. The summed E-state index contributed by atoms with van der Waals surface area (Å²) in [5, 5.41) is 13.3. The molecule has 2 N–H and O–H groups in total. The number of para-hydroxylation sites is 1. The van der Waals surface area contributed by atoms with Gasteiger partial charge in [-0.2, -0.15) is 0 Å². The van der Waals surface area contributed by atoms with Gasteiger partial charge in [-0.05, 0) is 30.3 Å². The van der Waals surface area contributed by atoms with Crippen LogP contribution in [-0.2, 0) is 4.74 Å². The quantitative estimate of drug-likeness (QED) is 0.483. The lowest BCUT2D eigenvalue weighted by Gasteiger charge is -2.10. The van der Waals surface area contributed by atoms with E-state index < -0.39 is 6.23 Å². The van der Waals surface area contributed by atoms with Gasteiger partial charge in [0.1, 0.15) is 12.0 Å². The highest BCUT2D eigenvalue weighted by Gasteiger charge is 2.21. The Morgan fingerprint density at radius 3 is 2.84 bits per heavy atom. The van der Waals surface area contributed by atoms with Crippen LogP contribution in [0.2, 0.25) is 5.02 Å². The molecule has 1 atom stereocenters. The number of aromatic amines is 1. The highest BCUT2D eigenvalue weighted by atomic mass is 35.5. The van der Waals surface area contributed by atoms with Gasteiger partial charge in [0.25, 0.3) is 0 Å². The molecule has 3 aromatic heterocycles. The van der Waals surface area contributed by atoms with Gasteiger partial charge in [-0.1, -0.05) is 23.7 Å². The van der Waals surface area contributed by atoms with E-state index in [0.29, 0.717) is 39.5 Å². The van der Waals surface area contributed by atoms with Crippen molar-refractivity contribution in [1.82, 2.24) is 35.1 Å². The molecule has 1 aliphatic heterocycles. The van der Waals surface area contributed by atoms with Gasteiger partial charge in [0.05, 0.1) is 10.7 Å². The van der Waals surface area contributed by atoms with Crippen LogP contribution in [0.5, 0.6) is 0 Å². The number of nitrogens with one attached hydrogen (secondary N) is 2. The molecule has 0 saturated heterocycles. The van der Waals surface area contributed by atoms with Gasteiger partial charge in [-0.15, -0.1) is 15.3 Å². The molecule has 158 valence electrons. The van der Waals surface area contributed by atoms with Crippen LogP contribution >= 0.6 is 11.6 Å². The smallest absolute Gasteiger partial charge is 0.248 e. The second kappa shape index (κ2) is 8.44. The Morgan fingerprint density at radius 2 is 2.03 bits per heavy atom. The Kier molecular flexibility index (Phi) is 5.18. The monoisotopic (exact) mass is 446 g/mol. The maximum atomic E-state index is 11.5. The van der Waals surface area contributed by atoms with E-state index in [1.807, 2.05) is 18.2 Å². The SMILES string of the molecule is O=c1cc(C2NN=C(/C=C/c3nnc(-c4ccncn4)n3-c3ccccc3Cl)O2)cc[nH]1. The molecule has 0 aliphatic carbocycles. The Morgan fingerprint density at radius 1 is 1.12 bits per heavy atom. The van der Waals surface area contributed by atoms with E-state index in [9.17, 15) is 4.79 Å². The molecule has 0 radical (unpaired) electrons. The van der Waals surface area contributed by atoms with Crippen LogP contribution in [0, 0.1) is 0 Å². The van der Waals surface area contributed by atoms with Crippen molar-refractivity contribution in [3.05, 3.63) is 94.0 Å². The summed E-state index contributed by atoms with van der Waals surface area (Å²) in [4.78, 5) is 22.3. The molecular weight excluding hydrogens is 432 g/mol.